The minimum Gasteiger partial charge on any atom is -0.376 e. The van der Waals surface area contributed by atoms with Crippen molar-refractivity contribution in [1.29, 1.82) is 0 Å². The summed E-state index contributed by atoms with van der Waals surface area (Å²) in [5.41, 5.74) is 5.52. The largest absolute Gasteiger partial charge is 0.376 e. The Labute approximate surface area is 129 Å². The van der Waals surface area contributed by atoms with Gasteiger partial charge in [-0.25, -0.2) is 0 Å². The van der Waals surface area contributed by atoms with E-state index in [1.54, 1.807) is 11.3 Å². The number of nitrogens with two attached hydrogens (primary N) is 1. The number of thiophene rings is 1. The molecular formula is C13H16BrN3O2S. The van der Waals surface area contributed by atoms with E-state index in [-0.39, 0.29) is 0 Å². The molecule has 0 spiro atoms. The summed E-state index contributed by atoms with van der Waals surface area (Å²) in [5, 5.41) is 4.00. The second kappa shape index (κ2) is 5.55. The molecule has 1 aliphatic rings. The predicted molar refractivity (Wildman–Crippen MR) is 80.4 cm³/mol. The normalized spacial score (nSPS) is 18.8. The van der Waals surface area contributed by atoms with Gasteiger partial charge in [0.25, 0.3) is 5.89 Å². The van der Waals surface area contributed by atoms with Gasteiger partial charge in [0.05, 0.1) is 21.4 Å². The highest BCUT2D eigenvalue weighted by Crippen LogP contribution is 2.31. The van der Waals surface area contributed by atoms with Gasteiger partial charge in [-0.2, -0.15) is 4.98 Å². The maximum Gasteiger partial charge on any atom is 0.268 e. The van der Waals surface area contributed by atoms with Crippen LogP contribution >= 0.6 is 27.3 Å². The summed E-state index contributed by atoms with van der Waals surface area (Å²) in [6.07, 6.45) is 3.83. The highest BCUT2D eigenvalue weighted by atomic mass is 79.9. The van der Waals surface area contributed by atoms with E-state index in [4.69, 9.17) is 15.0 Å². The Kier molecular flexibility index (Phi) is 3.94. The lowest BCUT2D eigenvalue weighted by atomic mass is 9.95. The number of hydrogen-bond donors (Lipinski definition) is 1. The van der Waals surface area contributed by atoms with Gasteiger partial charge in [0.1, 0.15) is 5.54 Å². The number of aromatic nitrogens is 2. The molecule has 2 aromatic rings. The van der Waals surface area contributed by atoms with Crippen LogP contribution in [0.25, 0.3) is 10.8 Å². The molecular weight excluding hydrogens is 342 g/mol. The van der Waals surface area contributed by atoms with Gasteiger partial charge >= 0.3 is 0 Å². The third-order valence-corrected chi connectivity index (χ3v) is 5.00. The predicted octanol–water partition coefficient (Wildman–Crippen LogP) is 3.30. The molecule has 3 rings (SSSR count). The van der Waals surface area contributed by atoms with Crippen molar-refractivity contribution in [1.82, 2.24) is 10.1 Å². The smallest absolute Gasteiger partial charge is 0.268 e. The molecule has 5 nitrogen and oxygen atoms in total. The SMILES string of the molecule is CC(N)(COC1CCC1)c1noc(-c2ccc(Br)s2)n1. The van der Waals surface area contributed by atoms with Crippen LogP contribution in [0, 0.1) is 0 Å². The van der Waals surface area contributed by atoms with E-state index in [1.807, 2.05) is 19.1 Å². The lowest BCUT2D eigenvalue weighted by Gasteiger charge is -2.29. The van der Waals surface area contributed by atoms with Crippen LogP contribution in [0.4, 0.5) is 0 Å². The third-order valence-electron chi connectivity index (χ3n) is 3.39. The van der Waals surface area contributed by atoms with Crippen molar-refractivity contribution in [2.45, 2.75) is 37.8 Å². The van der Waals surface area contributed by atoms with Gasteiger partial charge in [-0.3, -0.25) is 0 Å². The van der Waals surface area contributed by atoms with Crippen molar-refractivity contribution in [3.63, 3.8) is 0 Å². The van der Waals surface area contributed by atoms with Crippen LogP contribution in [-0.4, -0.2) is 22.9 Å². The van der Waals surface area contributed by atoms with Crippen LogP contribution in [0.2, 0.25) is 0 Å². The Hall–Kier alpha value is -0.760. The van der Waals surface area contributed by atoms with E-state index in [2.05, 4.69) is 26.1 Å². The first-order valence-electron chi connectivity index (χ1n) is 6.55. The number of ether oxygens (including phenoxy) is 1. The summed E-state index contributed by atoms with van der Waals surface area (Å²) in [7, 11) is 0. The van der Waals surface area contributed by atoms with Crippen LogP contribution in [0.3, 0.4) is 0 Å². The second-order valence-corrected chi connectivity index (χ2v) is 7.77. The fourth-order valence-corrected chi connectivity index (χ4v) is 3.19. The third kappa shape index (κ3) is 2.95. The van der Waals surface area contributed by atoms with Crippen molar-refractivity contribution in [3.8, 4) is 10.8 Å². The Morgan fingerprint density at radius 1 is 1.55 bits per heavy atom. The molecule has 0 aliphatic heterocycles. The Balaban J connectivity index is 1.71. The van der Waals surface area contributed by atoms with Crippen LogP contribution in [0.15, 0.2) is 20.4 Å². The van der Waals surface area contributed by atoms with E-state index in [0.29, 0.717) is 24.4 Å². The van der Waals surface area contributed by atoms with E-state index < -0.39 is 5.54 Å². The molecule has 0 bridgehead atoms. The molecule has 0 amide bonds. The molecule has 2 N–H and O–H groups in total. The zero-order valence-corrected chi connectivity index (χ0v) is 13.5. The zero-order chi connectivity index (χ0) is 14.2. The standard InChI is InChI=1S/C13H16BrN3O2S/c1-13(15,7-18-8-3-2-4-8)12-16-11(19-17-12)9-5-6-10(14)20-9/h5-6,8H,2-4,7,15H2,1H3. The average Bonchev–Trinajstić information content (AvgIpc) is 2.94. The minimum atomic E-state index is -0.730. The topological polar surface area (TPSA) is 74.2 Å². The molecule has 1 unspecified atom stereocenters. The zero-order valence-electron chi connectivity index (χ0n) is 11.1. The molecule has 0 aromatic carbocycles. The van der Waals surface area contributed by atoms with E-state index in [0.717, 1.165) is 21.5 Å². The van der Waals surface area contributed by atoms with Gasteiger partial charge in [-0.05, 0) is 54.2 Å². The van der Waals surface area contributed by atoms with Crippen LogP contribution in [0.1, 0.15) is 32.0 Å². The van der Waals surface area contributed by atoms with Gasteiger partial charge < -0.3 is 15.0 Å². The monoisotopic (exact) mass is 357 g/mol. The Morgan fingerprint density at radius 3 is 2.95 bits per heavy atom. The highest BCUT2D eigenvalue weighted by Gasteiger charge is 2.30. The van der Waals surface area contributed by atoms with E-state index in [9.17, 15) is 0 Å². The summed E-state index contributed by atoms with van der Waals surface area (Å²) in [6, 6.07) is 3.88. The quantitative estimate of drug-likeness (QED) is 0.888. The van der Waals surface area contributed by atoms with Crippen molar-refractivity contribution < 1.29 is 9.26 Å². The molecule has 0 radical (unpaired) electrons. The molecule has 1 saturated carbocycles. The fraction of sp³-hybridized carbons (Fsp3) is 0.538. The summed E-state index contributed by atoms with van der Waals surface area (Å²) >= 11 is 4.96. The maximum atomic E-state index is 6.25. The summed E-state index contributed by atoms with van der Waals surface area (Å²) in [6.45, 7) is 2.27. The first-order chi connectivity index (χ1) is 9.54. The molecule has 108 valence electrons. The molecule has 2 heterocycles. The summed E-state index contributed by atoms with van der Waals surface area (Å²) in [4.78, 5) is 5.32. The lowest BCUT2D eigenvalue weighted by molar-refractivity contribution is -0.0222. The first-order valence-corrected chi connectivity index (χ1v) is 8.16. The molecule has 7 heteroatoms. The van der Waals surface area contributed by atoms with Crippen molar-refractivity contribution in [2.75, 3.05) is 6.61 Å². The maximum absolute atomic E-state index is 6.25. The molecule has 0 saturated heterocycles. The van der Waals surface area contributed by atoms with E-state index in [1.165, 1.54) is 6.42 Å². The van der Waals surface area contributed by atoms with Gasteiger partial charge in [0.2, 0.25) is 0 Å². The number of halogens is 1. The van der Waals surface area contributed by atoms with Crippen molar-refractivity contribution >= 4 is 27.3 Å². The number of rotatable bonds is 5. The fourth-order valence-electron chi connectivity index (χ4n) is 1.88. The molecule has 1 fully saturated rings. The van der Waals surface area contributed by atoms with Gasteiger partial charge in [-0.1, -0.05) is 5.16 Å². The van der Waals surface area contributed by atoms with Crippen molar-refractivity contribution in [2.24, 2.45) is 5.73 Å². The molecule has 1 aliphatic carbocycles. The van der Waals surface area contributed by atoms with E-state index >= 15 is 0 Å². The lowest BCUT2D eigenvalue weighted by Crippen LogP contribution is -2.41. The minimum absolute atomic E-state index is 0.345. The summed E-state index contributed by atoms with van der Waals surface area (Å²) < 4.78 is 12.1. The van der Waals surface area contributed by atoms with Crippen molar-refractivity contribution in [3.05, 3.63) is 21.7 Å². The van der Waals surface area contributed by atoms with Crippen LogP contribution in [-0.2, 0) is 10.3 Å². The Morgan fingerprint density at radius 2 is 2.35 bits per heavy atom. The second-order valence-electron chi connectivity index (χ2n) is 5.31. The first kappa shape index (κ1) is 14.2. The van der Waals surface area contributed by atoms with Crippen LogP contribution < -0.4 is 5.73 Å². The molecule has 20 heavy (non-hydrogen) atoms. The summed E-state index contributed by atoms with van der Waals surface area (Å²) in [5.74, 6) is 0.979. The Bertz CT molecular complexity index is 592. The number of hydrogen-bond acceptors (Lipinski definition) is 6. The highest BCUT2D eigenvalue weighted by molar-refractivity contribution is 9.11. The van der Waals surface area contributed by atoms with Gasteiger partial charge in [0.15, 0.2) is 5.82 Å². The van der Waals surface area contributed by atoms with Gasteiger partial charge in [0, 0.05) is 0 Å². The molecule has 2 aromatic heterocycles. The average molecular weight is 358 g/mol. The number of nitrogens with zero attached hydrogens (tertiary/aromatic N) is 2. The molecule has 1 atom stereocenters. The van der Waals surface area contributed by atoms with Gasteiger partial charge in [-0.15, -0.1) is 11.3 Å². The van der Waals surface area contributed by atoms with Crippen LogP contribution in [0.5, 0.6) is 0 Å².